The number of hydrogen-bond donors (Lipinski definition) is 1. The normalized spacial score (nSPS) is 15.4. The van der Waals surface area contributed by atoms with Crippen molar-refractivity contribution in [2.24, 2.45) is 0 Å². The Balaban J connectivity index is 1.78. The smallest absolute Gasteiger partial charge is 0.266 e. The van der Waals surface area contributed by atoms with Gasteiger partial charge < -0.3 is 0 Å². The van der Waals surface area contributed by atoms with Crippen LogP contribution in [0, 0.1) is 6.92 Å². The van der Waals surface area contributed by atoms with Gasteiger partial charge in [-0.1, -0.05) is 61.4 Å². The molecule has 1 N–H and O–H groups in total. The van der Waals surface area contributed by atoms with Gasteiger partial charge in [0.25, 0.3) is 5.91 Å². The van der Waals surface area contributed by atoms with E-state index in [0.717, 1.165) is 59.2 Å². The summed E-state index contributed by atoms with van der Waals surface area (Å²) in [5.74, 6) is -0.0369. The van der Waals surface area contributed by atoms with E-state index in [1.165, 1.54) is 12.8 Å². The molecular formula is C23H25N3O. The van der Waals surface area contributed by atoms with Crippen LogP contribution < -0.4 is 5.43 Å². The third kappa shape index (κ3) is 3.71. The van der Waals surface area contributed by atoms with Crippen LogP contribution >= 0.6 is 0 Å². The van der Waals surface area contributed by atoms with Crippen LogP contribution in [0.3, 0.4) is 0 Å². The van der Waals surface area contributed by atoms with Crippen molar-refractivity contribution < 1.29 is 4.79 Å². The third-order valence-corrected chi connectivity index (χ3v) is 5.28. The van der Waals surface area contributed by atoms with Crippen molar-refractivity contribution >= 4 is 16.8 Å². The van der Waals surface area contributed by atoms with E-state index in [1.54, 1.807) is 0 Å². The van der Waals surface area contributed by atoms with E-state index >= 15 is 0 Å². The number of hydrazine groups is 1. The van der Waals surface area contributed by atoms with Crippen LogP contribution in [-0.4, -0.2) is 29.0 Å². The second-order valence-corrected chi connectivity index (χ2v) is 7.19. The molecule has 0 saturated carbocycles. The van der Waals surface area contributed by atoms with Crippen molar-refractivity contribution in [3.63, 3.8) is 0 Å². The Labute approximate surface area is 160 Å². The lowest BCUT2D eigenvalue weighted by Gasteiger charge is -2.22. The summed E-state index contributed by atoms with van der Waals surface area (Å²) in [4.78, 5) is 18.1. The molecule has 1 saturated heterocycles. The molecule has 0 atom stereocenters. The second-order valence-electron chi connectivity index (χ2n) is 7.19. The highest BCUT2D eigenvalue weighted by Gasteiger charge is 2.21. The molecule has 4 heteroatoms. The number of amides is 1. The minimum atomic E-state index is -0.0369. The van der Waals surface area contributed by atoms with Crippen molar-refractivity contribution in [1.82, 2.24) is 15.4 Å². The first kappa shape index (κ1) is 17.7. The summed E-state index contributed by atoms with van der Waals surface area (Å²) in [5, 5.41) is 2.98. The molecule has 0 aliphatic carbocycles. The zero-order valence-electron chi connectivity index (χ0n) is 15.7. The zero-order valence-corrected chi connectivity index (χ0v) is 15.7. The Hall–Kier alpha value is -2.72. The largest absolute Gasteiger partial charge is 0.285 e. The van der Waals surface area contributed by atoms with Crippen molar-refractivity contribution in [2.75, 3.05) is 13.1 Å². The molecule has 0 bridgehead atoms. The van der Waals surface area contributed by atoms with Gasteiger partial charge in [-0.05, 0) is 31.4 Å². The van der Waals surface area contributed by atoms with Gasteiger partial charge in [0.2, 0.25) is 0 Å². The minimum absolute atomic E-state index is 0.0369. The SMILES string of the molecule is Cc1c(-c2ccccc2)nc2ccccc2c1C(=O)NN1CCCCCC1. The molecule has 1 amide bonds. The van der Waals surface area contributed by atoms with E-state index < -0.39 is 0 Å². The fourth-order valence-electron chi connectivity index (χ4n) is 3.86. The summed E-state index contributed by atoms with van der Waals surface area (Å²) in [6.45, 7) is 3.83. The predicted octanol–water partition coefficient (Wildman–Crippen LogP) is 4.73. The molecule has 3 aromatic rings. The number of hydrogen-bond acceptors (Lipinski definition) is 3. The van der Waals surface area contributed by atoms with E-state index in [0.29, 0.717) is 0 Å². The van der Waals surface area contributed by atoms with Crippen LogP contribution in [0.25, 0.3) is 22.2 Å². The fraction of sp³-hybridized carbons (Fsp3) is 0.304. The monoisotopic (exact) mass is 359 g/mol. The van der Waals surface area contributed by atoms with Crippen molar-refractivity contribution in [3.8, 4) is 11.3 Å². The molecule has 2 aromatic carbocycles. The van der Waals surface area contributed by atoms with Gasteiger partial charge in [0.1, 0.15) is 0 Å². The maximum atomic E-state index is 13.3. The van der Waals surface area contributed by atoms with Gasteiger partial charge in [-0.25, -0.2) is 9.99 Å². The number of carbonyl (C=O) groups is 1. The summed E-state index contributed by atoms with van der Waals surface area (Å²) in [6.07, 6.45) is 4.74. The van der Waals surface area contributed by atoms with Gasteiger partial charge in [-0.3, -0.25) is 10.2 Å². The molecule has 0 spiro atoms. The highest BCUT2D eigenvalue weighted by molar-refractivity contribution is 6.08. The Kier molecular flexibility index (Phi) is 5.16. The first-order valence-electron chi connectivity index (χ1n) is 9.75. The van der Waals surface area contributed by atoms with E-state index in [-0.39, 0.29) is 5.91 Å². The summed E-state index contributed by atoms with van der Waals surface area (Å²) in [5.41, 5.74) is 7.56. The maximum Gasteiger partial charge on any atom is 0.266 e. The van der Waals surface area contributed by atoms with Gasteiger partial charge >= 0.3 is 0 Å². The number of pyridine rings is 1. The van der Waals surface area contributed by atoms with Crippen molar-refractivity contribution in [3.05, 3.63) is 65.7 Å². The topological polar surface area (TPSA) is 45.2 Å². The van der Waals surface area contributed by atoms with Gasteiger partial charge in [-0.2, -0.15) is 0 Å². The lowest BCUT2D eigenvalue weighted by molar-refractivity contribution is 0.0795. The van der Waals surface area contributed by atoms with Gasteiger partial charge in [0.15, 0.2) is 0 Å². The van der Waals surface area contributed by atoms with Crippen LogP contribution in [-0.2, 0) is 0 Å². The number of carbonyl (C=O) groups excluding carboxylic acids is 1. The molecule has 27 heavy (non-hydrogen) atoms. The van der Waals surface area contributed by atoms with Crippen molar-refractivity contribution in [1.29, 1.82) is 0 Å². The van der Waals surface area contributed by atoms with Crippen LogP contribution in [0.1, 0.15) is 41.6 Å². The Bertz CT molecular complexity index is 944. The van der Waals surface area contributed by atoms with E-state index in [9.17, 15) is 4.79 Å². The van der Waals surface area contributed by atoms with Crippen LogP contribution in [0.4, 0.5) is 0 Å². The lowest BCUT2D eigenvalue weighted by atomic mass is 9.97. The third-order valence-electron chi connectivity index (χ3n) is 5.28. The highest BCUT2D eigenvalue weighted by Crippen LogP contribution is 2.29. The van der Waals surface area contributed by atoms with Crippen LogP contribution in [0.2, 0.25) is 0 Å². The molecule has 0 unspecified atom stereocenters. The molecule has 1 aliphatic rings. The molecule has 1 aliphatic heterocycles. The molecule has 1 aromatic heterocycles. The number of aromatic nitrogens is 1. The van der Waals surface area contributed by atoms with E-state index in [1.807, 2.05) is 61.5 Å². The number of nitrogens with one attached hydrogen (secondary N) is 1. The number of nitrogens with zero attached hydrogens (tertiary/aromatic N) is 2. The number of para-hydroxylation sites is 1. The first-order valence-corrected chi connectivity index (χ1v) is 9.75. The maximum absolute atomic E-state index is 13.3. The van der Waals surface area contributed by atoms with E-state index in [4.69, 9.17) is 4.98 Å². The first-order chi connectivity index (χ1) is 13.2. The standard InChI is InChI=1S/C23H25N3O/c1-17-21(23(27)25-26-15-9-2-3-10-16-26)19-13-7-8-14-20(19)24-22(17)18-11-5-4-6-12-18/h4-8,11-14H,2-3,9-10,15-16H2,1H3,(H,25,27). The second kappa shape index (κ2) is 7.89. The summed E-state index contributed by atoms with van der Waals surface area (Å²) >= 11 is 0. The molecule has 138 valence electrons. The Morgan fingerprint density at radius 2 is 1.59 bits per heavy atom. The van der Waals surface area contributed by atoms with Crippen LogP contribution in [0.15, 0.2) is 54.6 Å². The lowest BCUT2D eigenvalue weighted by Crippen LogP contribution is -2.43. The van der Waals surface area contributed by atoms with Crippen LogP contribution in [0.5, 0.6) is 0 Å². The average Bonchev–Trinajstić information content (AvgIpc) is 2.96. The Morgan fingerprint density at radius 3 is 2.33 bits per heavy atom. The minimum Gasteiger partial charge on any atom is -0.285 e. The molecule has 4 nitrogen and oxygen atoms in total. The summed E-state index contributed by atoms with van der Waals surface area (Å²) < 4.78 is 0. The average molecular weight is 359 g/mol. The molecule has 0 radical (unpaired) electrons. The number of fused-ring (bicyclic) bond motifs is 1. The molecule has 1 fully saturated rings. The van der Waals surface area contributed by atoms with E-state index in [2.05, 4.69) is 10.4 Å². The number of benzene rings is 2. The Morgan fingerprint density at radius 1 is 0.926 bits per heavy atom. The summed E-state index contributed by atoms with van der Waals surface area (Å²) in [7, 11) is 0. The predicted molar refractivity (Wildman–Crippen MR) is 109 cm³/mol. The number of rotatable bonds is 3. The molecular weight excluding hydrogens is 334 g/mol. The quantitative estimate of drug-likeness (QED) is 0.735. The van der Waals surface area contributed by atoms with Gasteiger partial charge in [0.05, 0.1) is 16.8 Å². The van der Waals surface area contributed by atoms with Crippen molar-refractivity contribution in [2.45, 2.75) is 32.6 Å². The molecule has 2 heterocycles. The highest BCUT2D eigenvalue weighted by atomic mass is 16.2. The zero-order chi connectivity index (χ0) is 18.6. The fourth-order valence-corrected chi connectivity index (χ4v) is 3.86. The molecule has 4 rings (SSSR count). The van der Waals surface area contributed by atoms with Gasteiger partial charge in [0, 0.05) is 24.0 Å². The van der Waals surface area contributed by atoms with Gasteiger partial charge in [-0.15, -0.1) is 0 Å². The summed E-state index contributed by atoms with van der Waals surface area (Å²) in [6, 6.07) is 18.0.